The zero-order valence-corrected chi connectivity index (χ0v) is 12.1. The molecule has 0 unspecified atom stereocenters. The summed E-state index contributed by atoms with van der Waals surface area (Å²) in [7, 11) is 0. The molecule has 0 aromatic carbocycles. The van der Waals surface area contributed by atoms with Crippen molar-refractivity contribution in [2.24, 2.45) is 5.73 Å². The summed E-state index contributed by atoms with van der Waals surface area (Å²) in [4.78, 5) is 0. The lowest BCUT2D eigenvalue weighted by molar-refractivity contribution is -0.366. The highest BCUT2D eigenvalue weighted by Crippen LogP contribution is 2.41. The Morgan fingerprint density at radius 2 is 1.43 bits per heavy atom. The van der Waals surface area contributed by atoms with Crippen LogP contribution < -0.4 is 5.73 Å². The van der Waals surface area contributed by atoms with E-state index in [1.807, 2.05) is 0 Å². The average Bonchev–Trinajstić information content (AvgIpc) is 2.54. The highest BCUT2D eigenvalue weighted by atomic mass is 16.6. The lowest BCUT2D eigenvalue weighted by atomic mass is 9.67. The van der Waals surface area contributed by atoms with Gasteiger partial charge in [-0.15, -0.1) is 0 Å². The van der Waals surface area contributed by atoms with E-state index in [1.54, 1.807) is 0 Å². The summed E-state index contributed by atoms with van der Waals surface area (Å²) < 4.78 is 9.93. The Bertz CT molecular complexity index is 427. The molecule has 0 spiro atoms. The molecule has 11 heteroatoms. The van der Waals surface area contributed by atoms with Crippen LogP contribution in [-0.2, 0) is 9.47 Å². The van der Waals surface area contributed by atoms with Gasteiger partial charge in [0.05, 0.1) is 19.8 Å². The maximum atomic E-state index is 10.7. The fourth-order valence-corrected chi connectivity index (χ4v) is 3.07. The molecule has 0 bridgehead atoms. The SMILES string of the molecule is N[C@@]1([C@]2(O)[C@@H](O)O[C@H](CO)[C@@H](O)[C@@H]2O)CO[C@H](CO)[C@@H](O)[C@@H]1O. The van der Waals surface area contributed by atoms with Crippen molar-refractivity contribution in [3.05, 3.63) is 0 Å². The number of nitrogens with two attached hydrogens (primary N) is 1. The minimum Gasteiger partial charge on any atom is -0.394 e. The molecule has 0 saturated carbocycles. The van der Waals surface area contributed by atoms with E-state index in [4.69, 9.17) is 25.4 Å². The Kier molecular flexibility index (Phi) is 5.31. The minimum atomic E-state index is -2.82. The minimum absolute atomic E-state index is 0.635. The molecule has 2 aliphatic heterocycles. The molecule has 0 aliphatic carbocycles. The van der Waals surface area contributed by atoms with Crippen LogP contribution >= 0.6 is 0 Å². The van der Waals surface area contributed by atoms with Crippen LogP contribution in [0.3, 0.4) is 0 Å². The Morgan fingerprint density at radius 1 is 0.913 bits per heavy atom. The van der Waals surface area contributed by atoms with E-state index in [9.17, 15) is 30.6 Å². The van der Waals surface area contributed by atoms with Gasteiger partial charge in [0.1, 0.15) is 42.2 Å². The van der Waals surface area contributed by atoms with E-state index in [0.717, 1.165) is 0 Å². The largest absolute Gasteiger partial charge is 0.394 e. The maximum absolute atomic E-state index is 10.7. The van der Waals surface area contributed by atoms with Crippen LogP contribution in [0.15, 0.2) is 0 Å². The number of hydrogen-bond acceptors (Lipinski definition) is 11. The molecule has 0 aromatic rings. The molecule has 136 valence electrons. The summed E-state index contributed by atoms with van der Waals surface area (Å²) in [5.74, 6) is 0. The second-order valence-electron chi connectivity index (χ2n) is 5.98. The molecule has 2 aliphatic rings. The van der Waals surface area contributed by atoms with Gasteiger partial charge in [0.15, 0.2) is 11.9 Å². The van der Waals surface area contributed by atoms with Gasteiger partial charge in [-0.25, -0.2) is 0 Å². The first-order valence-corrected chi connectivity index (χ1v) is 7.05. The lowest BCUT2D eigenvalue weighted by Gasteiger charge is -2.57. The first-order valence-electron chi connectivity index (χ1n) is 7.05. The third kappa shape index (κ3) is 2.58. The predicted octanol–water partition coefficient (Wildman–Crippen LogP) is -6.04. The molecule has 11 nitrogen and oxygen atoms in total. The van der Waals surface area contributed by atoms with E-state index in [0.29, 0.717) is 0 Å². The standard InChI is InChI=1S/C12H23NO10/c13-11(3-22-4(1-14)6(16)8(11)18)12(21)9(19)7(17)5(2-15)23-10(12)20/h4-10,14-21H,1-3,13H2/t4-,5-,6-,7-,8+,9+,10+,11+,12-/m1/s1. The third-order valence-electron chi connectivity index (χ3n) is 4.71. The Hall–Kier alpha value is -0.440. The molecule has 9 atom stereocenters. The monoisotopic (exact) mass is 341 g/mol. The van der Waals surface area contributed by atoms with Gasteiger partial charge >= 0.3 is 0 Å². The molecule has 2 rings (SSSR count). The van der Waals surface area contributed by atoms with E-state index < -0.39 is 73.9 Å². The molecule has 0 amide bonds. The van der Waals surface area contributed by atoms with Crippen LogP contribution in [0.4, 0.5) is 0 Å². The van der Waals surface area contributed by atoms with Gasteiger partial charge in [-0.3, -0.25) is 0 Å². The molecule has 10 N–H and O–H groups in total. The van der Waals surface area contributed by atoms with Crippen molar-refractivity contribution in [3.63, 3.8) is 0 Å². The number of ether oxygens (including phenoxy) is 2. The summed E-state index contributed by atoms with van der Waals surface area (Å²) in [6.45, 7) is -2.05. The van der Waals surface area contributed by atoms with Crippen LogP contribution in [0.2, 0.25) is 0 Å². The van der Waals surface area contributed by atoms with Crippen molar-refractivity contribution in [1.82, 2.24) is 0 Å². The van der Waals surface area contributed by atoms with E-state index in [1.165, 1.54) is 0 Å². The first-order chi connectivity index (χ1) is 10.6. The molecule has 23 heavy (non-hydrogen) atoms. The Balaban J connectivity index is 2.37. The first kappa shape index (κ1) is 18.9. The van der Waals surface area contributed by atoms with Crippen LogP contribution in [0.1, 0.15) is 0 Å². The van der Waals surface area contributed by atoms with E-state index in [2.05, 4.69) is 0 Å². The van der Waals surface area contributed by atoms with Crippen LogP contribution in [-0.4, -0.2) is 115 Å². The van der Waals surface area contributed by atoms with Gasteiger partial charge in [0.2, 0.25) is 0 Å². The zero-order valence-electron chi connectivity index (χ0n) is 12.1. The van der Waals surface area contributed by atoms with Gasteiger partial charge < -0.3 is 56.1 Å². The smallest absolute Gasteiger partial charge is 0.189 e. The third-order valence-corrected chi connectivity index (χ3v) is 4.71. The van der Waals surface area contributed by atoms with Crippen molar-refractivity contribution < 1.29 is 50.3 Å². The Labute approximate surface area is 131 Å². The summed E-state index contributed by atoms with van der Waals surface area (Å²) in [5, 5.41) is 79.1. The second-order valence-corrected chi connectivity index (χ2v) is 5.98. The normalized spacial score (nSPS) is 54.9. The maximum Gasteiger partial charge on any atom is 0.189 e. The van der Waals surface area contributed by atoms with Crippen molar-refractivity contribution in [1.29, 1.82) is 0 Å². The summed E-state index contributed by atoms with van der Waals surface area (Å²) >= 11 is 0. The zero-order chi connectivity index (χ0) is 17.6. The van der Waals surface area contributed by atoms with Crippen molar-refractivity contribution in [2.75, 3.05) is 19.8 Å². The average molecular weight is 341 g/mol. The number of aliphatic hydroxyl groups excluding tert-OH is 7. The topological polar surface area (TPSA) is 206 Å². The molecular formula is C12H23NO10. The molecule has 2 fully saturated rings. The highest BCUT2D eigenvalue weighted by molar-refractivity contribution is 5.19. The molecular weight excluding hydrogens is 318 g/mol. The highest BCUT2D eigenvalue weighted by Gasteiger charge is 2.68. The quantitative estimate of drug-likeness (QED) is 0.236. The number of rotatable bonds is 3. The van der Waals surface area contributed by atoms with Gasteiger partial charge in [-0.05, 0) is 0 Å². The van der Waals surface area contributed by atoms with Gasteiger partial charge in [-0.1, -0.05) is 0 Å². The Morgan fingerprint density at radius 3 is 1.96 bits per heavy atom. The molecule has 0 aromatic heterocycles. The van der Waals surface area contributed by atoms with Gasteiger partial charge in [0, 0.05) is 0 Å². The second kappa shape index (κ2) is 6.46. The summed E-state index contributed by atoms with van der Waals surface area (Å²) in [5.41, 5.74) is 0.753. The van der Waals surface area contributed by atoms with Crippen LogP contribution in [0.5, 0.6) is 0 Å². The molecule has 2 heterocycles. The lowest BCUT2D eigenvalue weighted by Crippen LogP contribution is -2.85. The predicted molar refractivity (Wildman–Crippen MR) is 70.7 cm³/mol. The van der Waals surface area contributed by atoms with Crippen molar-refractivity contribution >= 4 is 0 Å². The number of aliphatic hydroxyl groups is 8. The van der Waals surface area contributed by atoms with Crippen LogP contribution in [0.25, 0.3) is 0 Å². The van der Waals surface area contributed by atoms with E-state index >= 15 is 0 Å². The van der Waals surface area contributed by atoms with Gasteiger partial charge in [-0.2, -0.15) is 0 Å². The van der Waals surface area contributed by atoms with Crippen molar-refractivity contribution in [3.8, 4) is 0 Å². The molecule has 0 radical (unpaired) electrons. The van der Waals surface area contributed by atoms with Gasteiger partial charge in [0.25, 0.3) is 0 Å². The summed E-state index contributed by atoms with van der Waals surface area (Å²) in [6, 6.07) is 0. The van der Waals surface area contributed by atoms with Crippen molar-refractivity contribution in [2.45, 2.75) is 54.1 Å². The summed E-state index contributed by atoms with van der Waals surface area (Å²) in [6.07, 6.45) is -12.4. The van der Waals surface area contributed by atoms with Crippen LogP contribution in [0, 0.1) is 0 Å². The fraction of sp³-hybridized carbons (Fsp3) is 1.00. The number of hydrogen-bond donors (Lipinski definition) is 9. The molecule has 2 saturated heterocycles. The van der Waals surface area contributed by atoms with E-state index in [-0.39, 0.29) is 0 Å². The fourth-order valence-electron chi connectivity index (χ4n) is 3.07.